The van der Waals surface area contributed by atoms with E-state index in [1.54, 1.807) is 18.2 Å². The Bertz CT molecular complexity index is 560. The van der Waals surface area contributed by atoms with Gasteiger partial charge < -0.3 is 10.5 Å². The van der Waals surface area contributed by atoms with Crippen LogP contribution >= 0.6 is 15.9 Å². The highest BCUT2D eigenvalue weighted by molar-refractivity contribution is 9.10. The topological polar surface area (TPSA) is 98.5 Å². The van der Waals surface area contributed by atoms with Gasteiger partial charge >= 0.3 is 5.97 Å². The number of carbonyl (C=O) groups excluding carboxylic acids is 1. The molecule has 0 saturated heterocycles. The quantitative estimate of drug-likeness (QED) is 0.601. The van der Waals surface area contributed by atoms with Gasteiger partial charge in [-0.25, -0.2) is 8.42 Å². The van der Waals surface area contributed by atoms with E-state index in [2.05, 4.69) is 25.4 Å². The number of halogens is 1. The minimum absolute atomic E-state index is 0.0627. The molecule has 0 heterocycles. The van der Waals surface area contributed by atoms with Gasteiger partial charge in [0.2, 0.25) is 10.0 Å². The third kappa shape index (κ3) is 5.48. The number of anilines is 2. The fraction of sp³-hybridized carbons (Fsp3) is 0.364. The highest BCUT2D eigenvalue weighted by Gasteiger charge is 2.13. The van der Waals surface area contributed by atoms with Gasteiger partial charge in [0.25, 0.3) is 0 Å². The fourth-order valence-electron chi connectivity index (χ4n) is 1.35. The van der Waals surface area contributed by atoms with Gasteiger partial charge in [-0.05, 0) is 24.6 Å². The van der Waals surface area contributed by atoms with Crippen molar-refractivity contribution >= 4 is 43.3 Å². The third-order valence-corrected chi connectivity index (χ3v) is 4.15. The van der Waals surface area contributed by atoms with Gasteiger partial charge in [0.05, 0.1) is 24.2 Å². The molecule has 0 unspecified atom stereocenters. The number of ether oxygens (including phenoxy) is 1. The summed E-state index contributed by atoms with van der Waals surface area (Å²) in [5.74, 6) is -0.601. The number of nitrogen functional groups attached to an aromatic ring is 1. The third-order valence-electron chi connectivity index (χ3n) is 2.30. The smallest absolute Gasteiger partial charge is 0.305 e. The second-order valence-corrected chi connectivity index (χ2v) is 6.59. The number of sulfonamides is 1. The first-order chi connectivity index (χ1) is 8.84. The molecule has 1 rings (SSSR count). The summed E-state index contributed by atoms with van der Waals surface area (Å²) in [4.78, 5) is 10.9. The summed E-state index contributed by atoms with van der Waals surface area (Å²) in [5, 5.41) is 0. The van der Waals surface area contributed by atoms with Crippen molar-refractivity contribution in [2.24, 2.45) is 0 Å². The van der Waals surface area contributed by atoms with Crippen LogP contribution in [0.3, 0.4) is 0 Å². The van der Waals surface area contributed by atoms with Crippen LogP contribution < -0.4 is 10.5 Å². The molecule has 0 radical (unpaired) electrons. The maximum atomic E-state index is 11.8. The molecule has 1 aromatic carbocycles. The van der Waals surface area contributed by atoms with Gasteiger partial charge in [0.1, 0.15) is 0 Å². The van der Waals surface area contributed by atoms with Gasteiger partial charge in [-0.3, -0.25) is 9.52 Å². The van der Waals surface area contributed by atoms with Crippen LogP contribution in [-0.4, -0.2) is 27.2 Å². The summed E-state index contributed by atoms with van der Waals surface area (Å²) in [6.07, 6.45) is 0.256. The first-order valence-electron chi connectivity index (χ1n) is 5.46. The Kier molecular flexibility index (Phi) is 5.61. The zero-order chi connectivity index (χ0) is 14.5. The monoisotopic (exact) mass is 350 g/mol. The molecule has 3 N–H and O–H groups in total. The molecule has 6 nitrogen and oxygen atoms in total. The van der Waals surface area contributed by atoms with E-state index in [4.69, 9.17) is 5.73 Å². The summed E-state index contributed by atoms with van der Waals surface area (Å²) < 4.78 is 31.1. The van der Waals surface area contributed by atoms with Crippen molar-refractivity contribution in [1.82, 2.24) is 0 Å². The van der Waals surface area contributed by atoms with Crippen LogP contribution in [0, 0.1) is 0 Å². The van der Waals surface area contributed by atoms with Crippen LogP contribution in [0.2, 0.25) is 0 Å². The average Bonchev–Trinajstić information content (AvgIpc) is 2.32. The maximum absolute atomic E-state index is 11.8. The number of carbonyl (C=O) groups is 1. The number of nitrogens with one attached hydrogen (secondary N) is 1. The lowest BCUT2D eigenvalue weighted by atomic mass is 10.3. The van der Waals surface area contributed by atoms with Crippen LogP contribution in [0.4, 0.5) is 11.4 Å². The van der Waals surface area contributed by atoms with Crippen LogP contribution in [0.15, 0.2) is 22.7 Å². The van der Waals surface area contributed by atoms with E-state index in [-0.39, 0.29) is 18.6 Å². The molecule has 0 aliphatic rings. The molecule has 0 aromatic heterocycles. The number of hydrogen-bond acceptors (Lipinski definition) is 5. The van der Waals surface area contributed by atoms with E-state index in [0.717, 1.165) is 4.47 Å². The number of nitrogens with two attached hydrogens (primary N) is 1. The SMILES string of the molecule is COC(=O)CCCS(=O)(=O)Nc1ccc(Br)cc1N. The molecule has 0 aliphatic heterocycles. The van der Waals surface area contributed by atoms with Crippen molar-refractivity contribution < 1.29 is 17.9 Å². The Balaban J connectivity index is 2.61. The second kappa shape index (κ2) is 6.76. The first-order valence-corrected chi connectivity index (χ1v) is 7.91. The van der Waals surface area contributed by atoms with Crippen LogP contribution in [0.25, 0.3) is 0 Å². The van der Waals surface area contributed by atoms with Gasteiger partial charge in [0.15, 0.2) is 0 Å². The number of rotatable bonds is 6. The Hall–Kier alpha value is -1.28. The van der Waals surface area contributed by atoms with E-state index in [0.29, 0.717) is 11.4 Å². The molecule has 19 heavy (non-hydrogen) atoms. The maximum Gasteiger partial charge on any atom is 0.305 e. The minimum Gasteiger partial charge on any atom is -0.469 e. The summed E-state index contributed by atoms with van der Waals surface area (Å²) in [5.41, 5.74) is 6.34. The van der Waals surface area contributed by atoms with Gasteiger partial charge in [-0.1, -0.05) is 15.9 Å². The highest BCUT2D eigenvalue weighted by atomic mass is 79.9. The van der Waals surface area contributed by atoms with Crippen molar-refractivity contribution in [2.75, 3.05) is 23.3 Å². The molecule has 106 valence electrons. The molecule has 1 aromatic rings. The molecule has 8 heteroatoms. The summed E-state index contributed by atoms with van der Waals surface area (Å²) in [6.45, 7) is 0. The number of esters is 1. The van der Waals surface area contributed by atoms with Crippen LogP contribution in [-0.2, 0) is 19.6 Å². The lowest BCUT2D eigenvalue weighted by Crippen LogP contribution is -2.18. The van der Waals surface area contributed by atoms with E-state index in [9.17, 15) is 13.2 Å². The van der Waals surface area contributed by atoms with Gasteiger partial charge in [0, 0.05) is 10.9 Å². The molecule has 0 bridgehead atoms. The molecule has 0 fully saturated rings. The number of methoxy groups -OCH3 is 1. The van der Waals surface area contributed by atoms with Crippen LogP contribution in [0.5, 0.6) is 0 Å². The Morgan fingerprint density at radius 2 is 2.16 bits per heavy atom. The molecule has 0 atom stereocenters. The Labute approximate surface area is 120 Å². The van der Waals surface area contributed by atoms with E-state index in [1.807, 2.05) is 0 Å². The van der Waals surface area contributed by atoms with Crippen molar-refractivity contribution in [3.63, 3.8) is 0 Å². The summed E-state index contributed by atoms with van der Waals surface area (Å²) in [6, 6.07) is 4.85. The van der Waals surface area contributed by atoms with E-state index >= 15 is 0 Å². The molecule has 0 amide bonds. The van der Waals surface area contributed by atoms with Crippen LogP contribution in [0.1, 0.15) is 12.8 Å². The first kappa shape index (κ1) is 15.8. The van der Waals surface area contributed by atoms with Crippen molar-refractivity contribution in [1.29, 1.82) is 0 Å². The van der Waals surface area contributed by atoms with Crippen molar-refractivity contribution in [2.45, 2.75) is 12.8 Å². The Morgan fingerprint density at radius 3 is 2.74 bits per heavy atom. The number of benzene rings is 1. The lowest BCUT2D eigenvalue weighted by Gasteiger charge is -2.10. The lowest BCUT2D eigenvalue weighted by molar-refractivity contribution is -0.140. The summed E-state index contributed by atoms with van der Waals surface area (Å²) >= 11 is 3.23. The molecule has 0 spiro atoms. The Morgan fingerprint density at radius 1 is 1.47 bits per heavy atom. The zero-order valence-corrected chi connectivity index (χ0v) is 12.8. The predicted molar refractivity (Wildman–Crippen MR) is 77.2 cm³/mol. The highest BCUT2D eigenvalue weighted by Crippen LogP contribution is 2.24. The number of hydrogen-bond donors (Lipinski definition) is 2. The summed E-state index contributed by atoms with van der Waals surface area (Å²) in [7, 11) is -2.27. The second-order valence-electron chi connectivity index (χ2n) is 3.83. The van der Waals surface area contributed by atoms with Crippen molar-refractivity contribution in [3.8, 4) is 0 Å². The van der Waals surface area contributed by atoms with E-state index < -0.39 is 16.0 Å². The van der Waals surface area contributed by atoms with Crippen molar-refractivity contribution in [3.05, 3.63) is 22.7 Å². The van der Waals surface area contributed by atoms with E-state index in [1.165, 1.54) is 7.11 Å². The fourth-order valence-corrected chi connectivity index (χ4v) is 2.88. The minimum atomic E-state index is -3.53. The predicted octanol–water partition coefficient (Wildman–Crippen LogP) is 1.73. The average molecular weight is 351 g/mol. The van der Waals surface area contributed by atoms with Gasteiger partial charge in [-0.15, -0.1) is 0 Å². The molecular formula is C11H15BrN2O4S. The molecule has 0 aliphatic carbocycles. The largest absolute Gasteiger partial charge is 0.469 e. The molecular weight excluding hydrogens is 336 g/mol. The standard InChI is InChI=1S/C11H15BrN2O4S/c1-18-11(15)3-2-6-19(16,17)14-10-5-4-8(12)7-9(10)13/h4-5,7,14H,2-3,6,13H2,1H3. The van der Waals surface area contributed by atoms with Gasteiger partial charge in [-0.2, -0.15) is 0 Å². The molecule has 0 saturated carbocycles. The normalized spacial score (nSPS) is 11.1. The zero-order valence-electron chi connectivity index (χ0n) is 10.3.